The van der Waals surface area contributed by atoms with Gasteiger partial charge in [-0.1, -0.05) is 6.07 Å². The predicted octanol–water partition coefficient (Wildman–Crippen LogP) is 1.94. The highest BCUT2D eigenvalue weighted by molar-refractivity contribution is 6.06. The lowest BCUT2D eigenvalue weighted by molar-refractivity contribution is 0.0697. The molecule has 0 aliphatic heterocycles. The molecule has 0 spiro atoms. The Bertz CT molecular complexity index is 705. The molecule has 0 atom stereocenters. The highest BCUT2D eigenvalue weighted by atomic mass is 16.5. The zero-order valence-corrected chi connectivity index (χ0v) is 12.3. The zero-order chi connectivity index (χ0) is 15.8. The maximum Gasteiger partial charge on any atom is 0.339 e. The summed E-state index contributed by atoms with van der Waals surface area (Å²) in [4.78, 5) is 15.6. The molecule has 0 aliphatic carbocycles. The molecule has 6 nitrogen and oxygen atoms in total. The number of aryl methyl sites for hydroxylation is 1. The predicted molar refractivity (Wildman–Crippen MR) is 81.6 cm³/mol. The molecule has 6 heteroatoms. The molecular weight excluding hydrogens is 270 g/mol. The lowest BCUT2D eigenvalue weighted by atomic mass is 10.1. The van der Waals surface area contributed by atoms with Crippen molar-refractivity contribution in [1.82, 2.24) is 4.98 Å². The number of nitrogens with zero attached hydrogens (tertiary/aromatic N) is 1. The van der Waals surface area contributed by atoms with Gasteiger partial charge in [-0.25, -0.2) is 4.79 Å². The van der Waals surface area contributed by atoms with Crippen LogP contribution in [0.5, 0.6) is 5.75 Å². The fraction of sp³-hybridized carbons (Fsp3) is 0.333. The van der Waals surface area contributed by atoms with Gasteiger partial charge in [-0.05, 0) is 32.9 Å². The summed E-state index contributed by atoms with van der Waals surface area (Å²) in [6.07, 6.45) is 0. The molecule has 1 aromatic heterocycles. The number of carbonyl (C=O) groups is 1. The largest absolute Gasteiger partial charge is 0.491 e. The highest BCUT2D eigenvalue weighted by Crippen LogP contribution is 2.33. The van der Waals surface area contributed by atoms with Crippen LogP contribution >= 0.6 is 0 Å². The van der Waals surface area contributed by atoms with Gasteiger partial charge in [0.1, 0.15) is 17.9 Å². The first kappa shape index (κ1) is 15.1. The number of hydrogen-bond acceptors (Lipinski definition) is 5. The molecule has 0 unspecified atom stereocenters. The number of rotatable bonds is 4. The van der Waals surface area contributed by atoms with E-state index in [1.54, 1.807) is 25.1 Å². The van der Waals surface area contributed by atoms with Crippen molar-refractivity contribution in [2.24, 2.45) is 5.73 Å². The van der Waals surface area contributed by atoms with E-state index < -0.39 is 11.5 Å². The second-order valence-electron chi connectivity index (χ2n) is 5.72. The number of nitrogen functional groups attached to an aromatic ring is 1. The second-order valence-corrected chi connectivity index (χ2v) is 5.72. The second kappa shape index (κ2) is 5.21. The van der Waals surface area contributed by atoms with Crippen LogP contribution in [0.4, 0.5) is 5.69 Å². The van der Waals surface area contributed by atoms with E-state index >= 15 is 0 Å². The quantitative estimate of drug-likeness (QED) is 0.793. The lowest BCUT2D eigenvalue weighted by Gasteiger charge is -2.20. The van der Waals surface area contributed by atoms with Gasteiger partial charge in [0.2, 0.25) is 0 Å². The van der Waals surface area contributed by atoms with Crippen molar-refractivity contribution >= 4 is 22.6 Å². The number of carboxylic acid groups (broad SMARTS) is 1. The summed E-state index contributed by atoms with van der Waals surface area (Å²) >= 11 is 0. The molecule has 0 radical (unpaired) electrons. The van der Waals surface area contributed by atoms with E-state index in [-0.39, 0.29) is 17.9 Å². The number of pyridine rings is 1. The van der Waals surface area contributed by atoms with Crippen molar-refractivity contribution in [1.29, 1.82) is 0 Å². The van der Waals surface area contributed by atoms with E-state index in [0.29, 0.717) is 22.3 Å². The molecular formula is C15H19N3O3. The number of anilines is 1. The van der Waals surface area contributed by atoms with Gasteiger partial charge in [0.25, 0.3) is 0 Å². The lowest BCUT2D eigenvalue weighted by Crippen LogP contribution is -2.38. The fourth-order valence-corrected chi connectivity index (χ4v) is 2.09. The topological polar surface area (TPSA) is 111 Å². The molecule has 0 saturated heterocycles. The van der Waals surface area contributed by atoms with E-state index in [2.05, 4.69) is 4.98 Å². The van der Waals surface area contributed by atoms with Gasteiger partial charge in [-0.2, -0.15) is 0 Å². The Hall–Kier alpha value is -2.34. The van der Waals surface area contributed by atoms with E-state index in [1.165, 1.54) is 0 Å². The number of ether oxygens (including phenoxy) is 1. The Kier molecular flexibility index (Phi) is 3.74. The minimum atomic E-state index is -1.10. The van der Waals surface area contributed by atoms with Gasteiger partial charge >= 0.3 is 5.97 Å². The average molecular weight is 289 g/mol. The number of aromatic carboxylic acids is 1. The number of carboxylic acids is 1. The molecule has 0 amide bonds. The fourth-order valence-electron chi connectivity index (χ4n) is 2.09. The molecule has 112 valence electrons. The van der Waals surface area contributed by atoms with Crippen molar-refractivity contribution in [3.05, 3.63) is 29.5 Å². The summed E-state index contributed by atoms with van der Waals surface area (Å²) in [5.41, 5.74) is 12.6. The third-order valence-electron chi connectivity index (χ3n) is 3.01. The summed E-state index contributed by atoms with van der Waals surface area (Å²) in [5.74, 6) is -0.619. The van der Waals surface area contributed by atoms with Crippen molar-refractivity contribution < 1.29 is 14.6 Å². The average Bonchev–Trinajstić information content (AvgIpc) is 2.34. The number of fused-ring (bicyclic) bond motifs is 1. The molecule has 1 heterocycles. The van der Waals surface area contributed by atoms with Crippen LogP contribution in [0.25, 0.3) is 10.9 Å². The van der Waals surface area contributed by atoms with Gasteiger partial charge < -0.3 is 21.3 Å². The molecule has 21 heavy (non-hydrogen) atoms. The first-order valence-corrected chi connectivity index (χ1v) is 6.54. The summed E-state index contributed by atoms with van der Waals surface area (Å²) < 4.78 is 5.70. The Morgan fingerprint density at radius 3 is 2.67 bits per heavy atom. The molecule has 2 rings (SSSR count). The first-order valence-electron chi connectivity index (χ1n) is 6.54. The zero-order valence-electron chi connectivity index (χ0n) is 12.3. The van der Waals surface area contributed by atoms with Gasteiger partial charge in [-0.15, -0.1) is 0 Å². The third-order valence-corrected chi connectivity index (χ3v) is 3.01. The Morgan fingerprint density at radius 2 is 2.10 bits per heavy atom. The highest BCUT2D eigenvalue weighted by Gasteiger charge is 2.20. The van der Waals surface area contributed by atoms with Crippen LogP contribution in [0.3, 0.4) is 0 Å². The van der Waals surface area contributed by atoms with Crippen LogP contribution in [0, 0.1) is 6.92 Å². The molecule has 0 fully saturated rings. The molecule has 2 aromatic rings. The van der Waals surface area contributed by atoms with E-state index in [4.69, 9.17) is 16.2 Å². The van der Waals surface area contributed by atoms with Gasteiger partial charge in [0, 0.05) is 5.54 Å². The smallest absolute Gasteiger partial charge is 0.339 e. The van der Waals surface area contributed by atoms with Crippen molar-refractivity contribution in [3.8, 4) is 5.75 Å². The summed E-state index contributed by atoms with van der Waals surface area (Å²) in [7, 11) is 0. The maximum atomic E-state index is 11.3. The first-order chi connectivity index (χ1) is 9.70. The summed E-state index contributed by atoms with van der Waals surface area (Å²) in [5, 5.41) is 9.78. The van der Waals surface area contributed by atoms with E-state index in [0.717, 1.165) is 0 Å². The van der Waals surface area contributed by atoms with Gasteiger partial charge in [-0.3, -0.25) is 4.98 Å². The van der Waals surface area contributed by atoms with Crippen LogP contribution in [0.2, 0.25) is 0 Å². The SMILES string of the molecule is Cc1nc2cccc(OCC(C)(C)N)c2c(N)c1C(=O)O. The van der Waals surface area contributed by atoms with Gasteiger partial charge in [0.15, 0.2) is 0 Å². The molecule has 0 aliphatic rings. The van der Waals surface area contributed by atoms with Crippen LogP contribution in [0.1, 0.15) is 29.9 Å². The van der Waals surface area contributed by atoms with Crippen LogP contribution in [0.15, 0.2) is 18.2 Å². The number of hydrogen-bond donors (Lipinski definition) is 3. The Balaban J connectivity index is 2.62. The molecule has 1 aromatic carbocycles. The van der Waals surface area contributed by atoms with Crippen molar-refractivity contribution in [3.63, 3.8) is 0 Å². The Morgan fingerprint density at radius 1 is 1.43 bits per heavy atom. The molecule has 0 saturated carbocycles. The van der Waals surface area contributed by atoms with Gasteiger partial charge in [0.05, 0.1) is 22.3 Å². The number of aromatic nitrogens is 1. The van der Waals surface area contributed by atoms with E-state index in [9.17, 15) is 9.90 Å². The third kappa shape index (κ3) is 3.05. The van der Waals surface area contributed by atoms with Crippen LogP contribution in [-0.4, -0.2) is 28.2 Å². The Labute approximate surface area is 122 Å². The standard InChI is InChI=1S/C15H19N3O3/c1-8-11(14(19)20)13(16)12-9(18-8)5-4-6-10(12)21-7-15(2,3)17/h4-6H,7,17H2,1-3H3,(H2,16,18)(H,19,20). The van der Waals surface area contributed by atoms with Crippen molar-refractivity contribution in [2.45, 2.75) is 26.3 Å². The summed E-state index contributed by atoms with van der Waals surface area (Å²) in [6, 6.07) is 5.28. The van der Waals surface area contributed by atoms with Crippen LogP contribution in [-0.2, 0) is 0 Å². The monoisotopic (exact) mass is 289 g/mol. The normalized spacial score (nSPS) is 11.6. The van der Waals surface area contributed by atoms with E-state index in [1.807, 2.05) is 13.8 Å². The summed E-state index contributed by atoms with van der Waals surface area (Å²) in [6.45, 7) is 5.58. The maximum absolute atomic E-state index is 11.3. The molecule has 0 bridgehead atoms. The minimum absolute atomic E-state index is 0.00515. The number of benzene rings is 1. The van der Waals surface area contributed by atoms with Crippen LogP contribution < -0.4 is 16.2 Å². The molecule has 5 N–H and O–H groups in total. The van der Waals surface area contributed by atoms with Crippen molar-refractivity contribution in [2.75, 3.05) is 12.3 Å². The minimum Gasteiger partial charge on any atom is -0.491 e. The number of nitrogens with two attached hydrogens (primary N) is 2.